The number of para-hydroxylation sites is 1. The molecule has 2 aromatic heterocycles. The summed E-state index contributed by atoms with van der Waals surface area (Å²) in [6, 6.07) is 14.0. The van der Waals surface area contributed by atoms with Crippen LogP contribution in [0.15, 0.2) is 67.1 Å². The molecule has 0 spiro atoms. The van der Waals surface area contributed by atoms with Crippen molar-refractivity contribution in [1.29, 1.82) is 0 Å². The van der Waals surface area contributed by atoms with Crippen molar-refractivity contribution in [2.75, 3.05) is 45.2 Å². The van der Waals surface area contributed by atoms with Crippen LogP contribution < -0.4 is 25.4 Å². The number of ether oxygens (including phenoxy) is 2. The Labute approximate surface area is 268 Å². The number of rotatable bonds is 7. The molecule has 1 aliphatic heterocycles. The number of carbonyl (C=O) groups excluding carboxylic acids is 2. The van der Waals surface area contributed by atoms with E-state index in [9.17, 15) is 9.59 Å². The standard InChI is InChI=1S/C33H41N9O4/c1-3-34-33-36-20-25(21-37-33)22-41-16-13-26-23-42(40-39-26)15-8-18-46-30-27(11-7-12-29(30)45-2)31(43)38-28(32(44)35-14-17-41)19-24-9-5-4-6-10-24/h4-7,9-12,20-21,23,28H,3,8,13-19,22H2,1-2H3,(H,35,44)(H,38,43)(H,34,36,37)/t28-/m0/s1. The molecule has 0 saturated carbocycles. The summed E-state index contributed by atoms with van der Waals surface area (Å²) in [5.41, 5.74) is 3.05. The molecule has 242 valence electrons. The first-order chi connectivity index (χ1) is 22.5. The second-order valence-corrected chi connectivity index (χ2v) is 11.0. The van der Waals surface area contributed by atoms with E-state index in [1.54, 1.807) is 22.9 Å². The van der Waals surface area contributed by atoms with Crippen LogP contribution in [0.25, 0.3) is 0 Å². The van der Waals surface area contributed by atoms with Crippen LogP contribution in [0, 0.1) is 0 Å². The summed E-state index contributed by atoms with van der Waals surface area (Å²) in [6.07, 6.45) is 7.21. The molecule has 0 fully saturated rings. The number of carbonyl (C=O) groups is 2. The average molecular weight is 628 g/mol. The Morgan fingerprint density at radius 3 is 2.63 bits per heavy atom. The Morgan fingerprint density at radius 1 is 1.02 bits per heavy atom. The van der Waals surface area contributed by atoms with Gasteiger partial charge in [-0.3, -0.25) is 19.2 Å². The Balaban J connectivity index is 1.38. The highest BCUT2D eigenvalue weighted by atomic mass is 16.5. The zero-order chi connectivity index (χ0) is 32.1. The van der Waals surface area contributed by atoms with Crippen LogP contribution in [0.2, 0.25) is 0 Å². The first-order valence-electron chi connectivity index (χ1n) is 15.6. The average Bonchev–Trinajstić information content (AvgIpc) is 3.53. The summed E-state index contributed by atoms with van der Waals surface area (Å²) >= 11 is 0. The van der Waals surface area contributed by atoms with E-state index >= 15 is 0 Å². The lowest BCUT2D eigenvalue weighted by Crippen LogP contribution is -2.49. The fourth-order valence-electron chi connectivity index (χ4n) is 5.21. The van der Waals surface area contributed by atoms with Crippen LogP contribution in [0.5, 0.6) is 11.5 Å². The Morgan fingerprint density at radius 2 is 1.85 bits per heavy atom. The van der Waals surface area contributed by atoms with Gasteiger partial charge >= 0.3 is 0 Å². The van der Waals surface area contributed by atoms with Crippen LogP contribution >= 0.6 is 0 Å². The molecule has 0 unspecified atom stereocenters. The van der Waals surface area contributed by atoms with E-state index < -0.39 is 11.9 Å². The summed E-state index contributed by atoms with van der Waals surface area (Å²) in [5, 5.41) is 17.8. The number of anilines is 1. The van der Waals surface area contributed by atoms with Crippen LogP contribution in [0.1, 0.15) is 40.5 Å². The molecule has 3 N–H and O–H groups in total. The van der Waals surface area contributed by atoms with Crippen molar-refractivity contribution in [3.8, 4) is 11.5 Å². The van der Waals surface area contributed by atoms with Crippen molar-refractivity contribution in [1.82, 2.24) is 40.5 Å². The molecule has 13 heteroatoms. The second-order valence-electron chi connectivity index (χ2n) is 11.0. The van der Waals surface area contributed by atoms with E-state index in [4.69, 9.17) is 9.47 Å². The predicted octanol–water partition coefficient (Wildman–Crippen LogP) is 2.49. The van der Waals surface area contributed by atoms with Crippen LogP contribution in [0.4, 0.5) is 5.95 Å². The number of aryl methyl sites for hydroxylation is 1. The molecule has 0 saturated heterocycles. The molecule has 5 rings (SSSR count). The van der Waals surface area contributed by atoms with Gasteiger partial charge in [0.25, 0.3) is 5.91 Å². The molecule has 1 atom stereocenters. The smallest absolute Gasteiger partial charge is 0.255 e. The third kappa shape index (κ3) is 9.00. The lowest BCUT2D eigenvalue weighted by molar-refractivity contribution is -0.123. The van der Waals surface area contributed by atoms with E-state index in [-0.39, 0.29) is 5.91 Å². The summed E-state index contributed by atoms with van der Waals surface area (Å²) in [7, 11) is 1.53. The summed E-state index contributed by atoms with van der Waals surface area (Å²) < 4.78 is 13.4. The number of hydrogen-bond acceptors (Lipinski definition) is 10. The van der Waals surface area contributed by atoms with Crippen LogP contribution in [-0.2, 0) is 30.7 Å². The Kier molecular flexibility index (Phi) is 11.5. The molecule has 1 aliphatic rings. The minimum Gasteiger partial charge on any atom is -0.493 e. The maximum atomic E-state index is 13.7. The quantitative estimate of drug-likeness (QED) is 0.279. The molecular formula is C33H41N9O4. The number of benzene rings is 2. The normalized spacial score (nSPS) is 16.9. The van der Waals surface area contributed by atoms with E-state index in [2.05, 4.69) is 41.1 Å². The zero-order valence-corrected chi connectivity index (χ0v) is 26.3. The molecule has 4 aromatic rings. The third-order valence-corrected chi connectivity index (χ3v) is 7.57. The molecule has 2 amide bonds. The van der Waals surface area contributed by atoms with Crippen molar-refractivity contribution < 1.29 is 19.1 Å². The second kappa shape index (κ2) is 16.3. The van der Waals surface area contributed by atoms with Gasteiger partial charge in [-0.25, -0.2) is 9.97 Å². The Bertz CT molecular complexity index is 1560. The third-order valence-electron chi connectivity index (χ3n) is 7.57. The summed E-state index contributed by atoms with van der Waals surface area (Å²) in [4.78, 5) is 38.4. The summed E-state index contributed by atoms with van der Waals surface area (Å²) in [5.74, 6) is 0.654. The van der Waals surface area contributed by atoms with E-state index in [1.165, 1.54) is 7.11 Å². The monoisotopic (exact) mass is 627 g/mol. The first kappa shape index (κ1) is 32.4. The van der Waals surface area contributed by atoms with Crippen molar-refractivity contribution in [3.63, 3.8) is 0 Å². The fraction of sp³-hybridized carbons (Fsp3) is 0.394. The fourth-order valence-corrected chi connectivity index (χ4v) is 5.21. The number of nitrogens with one attached hydrogen (secondary N) is 3. The van der Waals surface area contributed by atoms with Gasteiger partial charge in [-0.2, -0.15) is 0 Å². The van der Waals surface area contributed by atoms with Crippen LogP contribution in [-0.4, -0.2) is 87.6 Å². The van der Waals surface area contributed by atoms with Gasteiger partial charge in [0.15, 0.2) is 11.5 Å². The topological polar surface area (TPSA) is 148 Å². The van der Waals surface area contributed by atoms with Gasteiger partial charge in [0.2, 0.25) is 11.9 Å². The molecular weight excluding hydrogens is 586 g/mol. The molecule has 13 nitrogen and oxygen atoms in total. The number of aromatic nitrogens is 5. The molecule has 3 heterocycles. The number of methoxy groups -OCH3 is 1. The van der Waals surface area contributed by atoms with Crippen molar-refractivity contribution in [3.05, 3.63) is 89.5 Å². The first-order valence-corrected chi connectivity index (χ1v) is 15.6. The number of hydrogen-bond donors (Lipinski definition) is 3. The van der Waals surface area contributed by atoms with Gasteiger partial charge in [-0.05, 0) is 24.6 Å². The molecule has 0 aliphatic carbocycles. The maximum Gasteiger partial charge on any atom is 0.255 e. The van der Waals surface area contributed by atoms with Crippen molar-refractivity contribution in [2.24, 2.45) is 0 Å². The van der Waals surface area contributed by atoms with Gasteiger partial charge < -0.3 is 25.4 Å². The highest BCUT2D eigenvalue weighted by Crippen LogP contribution is 2.31. The lowest BCUT2D eigenvalue weighted by atomic mass is 10.0. The lowest BCUT2D eigenvalue weighted by Gasteiger charge is -2.24. The van der Waals surface area contributed by atoms with Gasteiger partial charge in [0.1, 0.15) is 6.04 Å². The van der Waals surface area contributed by atoms with E-state index in [0.29, 0.717) is 81.6 Å². The molecule has 2 aromatic carbocycles. The van der Waals surface area contributed by atoms with Crippen LogP contribution in [0.3, 0.4) is 0 Å². The highest BCUT2D eigenvalue weighted by molar-refractivity contribution is 6.00. The van der Waals surface area contributed by atoms with Gasteiger partial charge in [-0.1, -0.05) is 41.6 Å². The van der Waals surface area contributed by atoms with E-state index in [1.807, 2.05) is 55.8 Å². The molecule has 2 bridgehead atoms. The minimum absolute atomic E-state index is 0.276. The largest absolute Gasteiger partial charge is 0.493 e. The SMILES string of the molecule is CCNc1ncc(CN2CCNC(=O)[C@H](Cc3ccccc3)NC(=O)c3cccc(OC)c3OCCCn3cc(nn3)CC2)cn1. The molecule has 46 heavy (non-hydrogen) atoms. The highest BCUT2D eigenvalue weighted by Gasteiger charge is 2.25. The van der Waals surface area contributed by atoms with Gasteiger partial charge in [0, 0.05) is 82.7 Å². The van der Waals surface area contributed by atoms with Gasteiger partial charge in [0.05, 0.1) is 25.0 Å². The van der Waals surface area contributed by atoms with E-state index in [0.717, 1.165) is 23.4 Å². The maximum absolute atomic E-state index is 13.7. The number of amides is 2. The number of fused-ring (bicyclic) bond motifs is 3. The van der Waals surface area contributed by atoms with Gasteiger partial charge in [-0.15, -0.1) is 5.10 Å². The van der Waals surface area contributed by atoms with Crippen molar-refractivity contribution in [2.45, 2.75) is 45.3 Å². The predicted molar refractivity (Wildman–Crippen MR) is 173 cm³/mol. The zero-order valence-electron chi connectivity index (χ0n) is 26.3. The number of nitrogens with zero attached hydrogens (tertiary/aromatic N) is 6. The van der Waals surface area contributed by atoms with Crippen molar-refractivity contribution >= 4 is 17.8 Å². The minimum atomic E-state index is -0.814. The molecule has 0 radical (unpaired) electrons. The Hall–Kier alpha value is -5.04. The summed E-state index contributed by atoms with van der Waals surface area (Å²) in [6.45, 7) is 5.88.